The molecule has 1 heterocycles. The van der Waals surface area contributed by atoms with Crippen molar-refractivity contribution in [2.24, 2.45) is 5.10 Å². The van der Waals surface area contributed by atoms with Gasteiger partial charge in [0, 0.05) is 18.9 Å². The number of methoxy groups -OCH3 is 1. The fraction of sp³-hybridized carbons (Fsp3) is 0.444. The summed E-state index contributed by atoms with van der Waals surface area (Å²) >= 11 is 0. The third-order valence-electron chi connectivity index (χ3n) is 3.88. The van der Waals surface area contributed by atoms with E-state index in [1.54, 1.807) is 31.2 Å². The second-order valence-electron chi connectivity index (χ2n) is 6.06. The minimum absolute atomic E-state index is 0.0150. The van der Waals surface area contributed by atoms with Crippen LogP contribution in [0.3, 0.4) is 0 Å². The van der Waals surface area contributed by atoms with E-state index in [4.69, 9.17) is 9.47 Å². The minimum atomic E-state index is -0.944. The molecule has 1 aliphatic rings. The lowest BCUT2D eigenvalue weighted by Crippen LogP contribution is -2.34. The first kappa shape index (κ1) is 20.4. The topological polar surface area (TPSA) is 118 Å². The molecule has 0 radical (unpaired) electrons. The maximum atomic E-state index is 11.9. The van der Waals surface area contributed by atoms with Crippen LogP contribution in [-0.2, 0) is 19.1 Å². The number of hydrazone groups is 1. The van der Waals surface area contributed by atoms with Crippen LogP contribution >= 0.6 is 0 Å². The number of para-hydroxylation sites is 2. The highest BCUT2D eigenvalue weighted by molar-refractivity contribution is 6.39. The Morgan fingerprint density at radius 1 is 1.26 bits per heavy atom. The molecule has 3 N–H and O–H groups in total. The van der Waals surface area contributed by atoms with Crippen molar-refractivity contribution in [3.05, 3.63) is 24.3 Å². The predicted octanol–water partition coefficient (Wildman–Crippen LogP) is 0.811. The summed E-state index contributed by atoms with van der Waals surface area (Å²) in [5.41, 5.74) is 2.88. The van der Waals surface area contributed by atoms with Crippen molar-refractivity contribution in [1.29, 1.82) is 0 Å². The molecule has 1 fully saturated rings. The van der Waals surface area contributed by atoms with Gasteiger partial charge in [0.15, 0.2) is 0 Å². The van der Waals surface area contributed by atoms with Crippen LogP contribution in [0.1, 0.15) is 26.2 Å². The molecule has 1 aliphatic heterocycles. The predicted molar refractivity (Wildman–Crippen MR) is 99.5 cm³/mol. The largest absolute Gasteiger partial charge is 0.495 e. The highest BCUT2D eigenvalue weighted by Gasteiger charge is 2.17. The van der Waals surface area contributed by atoms with E-state index in [1.807, 2.05) is 0 Å². The van der Waals surface area contributed by atoms with Gasteiger partial charge in [-0.1, -0.05) is 12.1 Å². The average molecular weight is 376 g/mol. The molecule has 0 aromatic heterocycles. The molecular formula is C18H24N4O5. The molecule has 1 aromatic rings. The van der Waals surface area contributed by atoms with Crippen LogP contribution in [0.4, 0.5) is 5.69 Å². The molecule has 146 valence electrons. The number of carbonyl (C=O) groups excluding carboxylic acids is 3. The Morgan fingerprint density at radius 2 is 2.04 bits per heavy atom. The summed E-state index contributed by atoms with van der Waals surface area (Å²) in [5.74, 6) is -1.63. The van der Waals surface area contributed by atoms with Gasteiger partial charge in [0.05, 0.1) is 25.3 Å². The molecule has 1 aromatic carbocycles. The number of carbonyl (C=O) groups is 3. The zero-order valence-electron chi connectivity index (χ0n) is 15.4. The Morgan fingerprint density at radius 3 is 2.74 bits per heavy atom. The molecule has 9 heteroatoms. The quantitative estimate of drug-likeness (QED) is 0.370. The molecule has 1 atom stereocenters. The first-order valence-corrected chi connectivity index (χ1v) is 8.65. The van der Waals surface area contributed by atoms with Crippen LogP contribution in [0.2, 0.25) is 0 Å². The second-order valence-corrected chi connectivity index (χ2v) is 6.06. The van der Waals surface area contributed by atoms with Gasteiger partial charge in [-0.3, -0.25) is 14.4 Å². The summed E-state index contributed by atoms with van der Waals surface area (Å²) in [5, 5.41) is 8.98. The van der Waals surface area contributed by atoms with Crippen LogP contribution in [0.15, 0.2) is 29.4 Å². The summed E-state index contributed by atoms with van der Waals surface area (Å²) in [6.45, 7) is 2.77. The van der Waals surface area contributed by atoms with E-state index < -0.39 is 11.8 Å². The highest BCUT2D eigenvalue weighted by Crippen LogP contribution is 2.22. The number of rotatable bonds is 7. The number of ether oxygens (including phenoxy) is 2. The zero-order chi connectivity index (χ0) is 19.6. The third-order valence-corrected chi connectivity index (χ3v) is 3.88. The van der Waals surface area contributed by atoms with Gasteiger partial charge in [0.25, 0.3) is 0 Å². The van der Waals surface area contributed by atoms with Crippen molar-refractivity contribution in [2.75, 3.05) is 25.6 Å². The summed E-state index contributed by atoms with van der Waals surface area (Å²) in [6, 6.07) is 6.71. The van der Waals surface area contributed by atoms with E-state index >= 15 is 0 Å². The SMILES string of the molecule is COc1ccccc1NC(=O)C(=O)N/N=C(/C)CC(=O)NC[C@@H]1CCCO1. The smallest absolute Gasteiger partial charge is 0.329 e. The van der Waals surface area contributed by atoms with Crippen molar-refractivity contribution in [3.63, 3.8) is 0 Å². The van der Waals surface area contributed by atoms with Crippen LogP contribution in [0.5, 0.6) is 5.75 Å². The summed E-state index contributed by atoms with van der Waals surface area (Å²) in [6.07, 6.45) is 2.01. The van der Waals surface area contributed by atoms with Crippen molar-refractivity contribution in [3.8, 4) is 5.75 Å². The Labute approximate surface area is 157 Å². The highest BCUT2D eigenvalue weighted by atomic mass is 16.5. The molecule has 3 amide bonds. The van der Waals surface area contributed by atoms with Crippen LogP contribution in [0, 0.1) is 0 Å². The maximum Gasteiger partial charge on any atom is 0.329 e. The third kappa shape index (κ3) is 6.70. The second kappa shape index (κ2) is 10.3. The maximum absolute atomic E-state index is 11.9. The van der Waals surface area contributed by atoms with Gasteiger partial charge >= 0.3 is 11.8 Å². The van der Waals surface area contributed by atoms with Crippen LogP contribution < -0.4 is 20.8 Å². The van der Waals surface area contributed by atoms with Crippen LogP contribution in [0.25, 0.3) is 0 Å². The molecular weight excluding hydrogens is 352 g/mol. The molecule has 0 spiro atoms. The molecule has 1 saturated heterocycles. The number of hydrogen-bond acceptors (Lipinski definition) is 6. The van der Waals surface area contributed by atoms with E-state index in [-0.39, 0.29) is 18.4 Å². The Balaban J connectivity index is 1.76. The molecule has 9 nitrogen and oxygen atoms in total. The molecule has 0 bridgehead atoms. The fourth-order valence-electron chi connectivity index (χ4n) is 2.49. The number of amides is 3. The summed E-state index contributed by atoms with van der Waals surface area (Å²) < 4.78 is 10.5. The van der Waals surface area contributed by atoms with E-state index in [0.29, 0.717) is 23.7 Å². The van der Waals surface area contributed by atoms with E-state index in [1.165, 1.54) is 7.11 Å². The van der Waals surface area contributed by atoms with Crippen molar-refractivity contribution >= 4 is 29.1 Å². The number of nitrogens with one attached hydrogen (secondary N) is 3. The zero-order valence-corrected chi connectivity index (χ0v) is 15.4. The first-order chi connectivity index (χ1) is 13.0. The lowest BCUT2D eigenvalue weighted by molar-refractivity contribution is -0.136. The van der Waals surface area contributed by atoms with Gasteiger partial charge in [-0.25, -0.2) is 5.43 Å². The van der Waals surface area contributed by atoms with Crippen LogP contribution in [-0.4, -0.2) is 49.8 Å². The Bertz CT molecular complexity index is 713. The molecule has 0 unspecified atom stereocenters. The van der Waals surface area contributed by atoms with Crippen molar-refractivity contribution < 1.29 is 23.9 Å². The number of benzene rings is 1. The molecule has 2 rings (SSSR count). The fourth-order valence-corrected chi connectivity index (χ4v) is 2.49. The lowest BCUT2D eigenvalue weighted by Gasteiger charge is -2.10. The Hall–Kier alpha value is -2.94. The van der Waals surface area contributed by atoms with Gasteiger partial charge in [0.2, 0.25) is 5.91 Å². The van der Waals surface area contributed by atoms with E-state index in [0.717, 1.165) is 19.4 Å². The summed E-state index contributed by atoms with van der Waals surface area (Å²) in [7, 11) is 1.46. The Kier molecular flexibility index (Phi) is 7.75. The van der Waals surface area contributed by atoms with Gasteiger partial charge in [0.1, 0.15) is 5.75 Å². The van der Waals surface area contributed by atoms with Gasteiger partial charge < -0.3 is 20.1 Å². The monoisotopic (exact) mass is 376 g/mol. The van der Waals surface area contributed by atoms with Crippen molar-refractivity contribution in [1.82, 2.24) is 10.7 Å². The van der Waals surface area contributed by atoms with Gasteiger partial charge in [-0.2, -0.15) is 5.10 Å². The minimum Gasteiger partial charge on any atom is -0.495 e. The number of nitrogens with zero attached hydrogens (tertiary/aromatic N) is 1. The summed E-state index contributed by atoms with van der Waals surface area (Å²) in [4.78, 5) is 35.6. The molecule has 0 saturated carbocycles. The molecule has 27 heavy (non-hydrogen) atoms. The van der Waals surface area contributed by atoms with E-state index in [9.17, 15) is 14.4 Å². The van der Waals surface area contributed by atoms with Crippen molar-refractivity contribution in [2.45, 2.75) is 32.3 Å². The van der Waals surface area contributed by atoms with Gasteiger partial charge in [-0.05, 0) is 31.9 Å². The lowest BCUT2D eigenvalue weighted by atomic mass is 10.2. The van der Waals surface area contributed by atoms with E-state index in [2.05, 4.69) is 21.2 Å². The first-order valence-electron chi connectivity index (χ1n) is 8.65. The standard InChI is InChI=1S/C18H24N4O5/c1-12(10-16(23)19-11-13-6-5-9-27-13)21-22-18(25)17(24)20-14-7-3-4-8-15(14)26-2/h3-4,7-8,13H,5-6,9-11H2,1-2H3,(H,19,23)(H,20,24)(H,22,25)/b21-12-/t13-/m0/s1. The average Bonchev–Trinajstić information content (AvgIpc) is 3.18. The number of anilines is 1. The molecule has 0 aliphatic carbocycles. The normalized spacial score (nSPS) is 16.5. The van der Waals surface area contributed by atoms with Gasteiger partial charge in [-0.15, -0.1) is 0 Å². The number of hydrogen-bond donors (Lipinski definition) is 3.